The van der Waals surface area contributed by atoms with E-state index in [0.717, 1.165) is 0 Å². The second-order valence-electron chi connectivity index (χ2n) is 11.7. The molecule has 2 aromatic carbocycles. The molecule has 0 aliphatic carbocycles. The highest BCUT2D eigenvalue weighted by Gasteiger charge is 2.22. The lowest BCUT2D eigenvalue weighted by atomic mass is 10.1. The molecule has 0 spiro atoms. The van der Waals surface area contributed by atoms with Gasteiger partial charge in [-0.15, -0.1) is 0 Å². The fraction of sp³-hybridized carbons (Fsp3) is 0.143. The predicted molar refractivity (Wildman–Crippen MR) is 216 cm³/mol. The number of pyridine rings is 4. The van der Waals surface area contributed by atoms with Gasteiger partial charge >= 0.3 is 0 Å². The van der Waals surface area contributed by atoms with Crippen molar-refractivity contribution >= 4 is 122 Å². The molecule has 4 aromatic heterocycles. The summed E-state index contributed by atoms with van der Waals surface area (Å²) in [6.07, 6.45) is 8.94. The van der Waals surface area contributed by atoms with Gasteiger partial charge in [0.2, 0.25) is 0 Å². The number of halogens is 4. The van der Waals surface area contributed by atoms with Gasteiger partial charge in [0, 0.05) is 35.6 Å². The van der Waals surface area contributed by atoms with E-state index in [1.807, 2.05) is 0 Å². The number of nitrogens with two attached hydrogens (primary N) is 2. The molecule has 0 fully saturated rings. The summed E-state index contributed by atoms with van der Waals surface area (Å²) in [6, 6.07) is 8.75. The molecule has 0 atom stereocenters. The molecule has 6 aromatic rings. The molecule has 0 aliphatic heterocycles. The van der Waals surface area contributed by atoms with Crippen LogP contribution < -0.4 is 22.1 Å². The quantitative estimate of drug-likeness (QED) is 0.0990. The molecular weight excluding hydrogens is 834 g/mol. The van der Waals surface area contributed by atoms with E-state index in [1.54, 1.807) is 19.1 Å². The summed E-state index contributed by atoms with van der Waals surface area (Å²) in [6.45, 7) is 3.30. The van der Waals surface area contributed by atoms with Crippen LogP contribution in [-0.2, 0) is 19.7 Å². The average Bonchev–Trinajstić information content (AvgIpc) is 3.12. The molecule has 0 radical (unpaired) electrons. The fourth-order valence-electron chi connectivity index (χ4n) is 5.27. The topological polar surface area (TPSA) is 230 Å². The number of aromatic nitrogens is 4. The highest BCUT2D eigenvalue weighted by atomic mass is 35.5. The summed E-state index contributed by atoms with van der Waals surface area (Å²) < 4.78 is 49.7. The predicted octanol–water partition coefficient (Wildman–Crippen LogP) is 7.54. The van der Waals surface area contributed by atoms with Crippen molar-refractivity contribution in [1.29, 1.82) is 0 Å². The Bertz CT molecular complexity index is 2720. The fourth-order valence-corrected chi connectivity index (χ4v) is 8.58. The van der Waals surface area contributed by atoms with Gasteiger partial charge in [-0.2, -0.15) is 0 Å². The van der Waals surface area contributed by atoms with Crippen molar-refractivity contribution in [3.05, 3.63) is 105 Å². The van der Waals surface area contributed by atoms with Crippen LogP contribution in [0.25, 0.3) is 21.8 Å². The van der Waals surface area contributed by atoms with Crippen molar-refractivity contribution < 1.29 is 26.4 Å². The van der Waals surface area contributed by atoms with E-state index in [1.165, 1.54) is 68.4 Å². The van der Waals surface area contributed by atoms with Gasteiger partial charge in [0.15, 0.2) is 19.7 Å². The third kappa shape index (κ3) is 9.35. The standard InChI is InChI=1S/C18H16Cl2N4O3S.C17H14Cl2N4O3S/c1-2-3-28(26,27)12-5-13-16(24-11-4-10(19)7-22-8-11)14(18(21)25)9-23-17(13)15(20)6-12;1-2-27(25,26)11-4-12-15(23-10-3-9(18)6-21-7-10)13(17(20)24)8-22-16(12)14(19)5-11/h4-9H,2-3H2,1H3,(H2,21,25)(H,23,24);3-8H,2H2,1H3,(H2,20,24)(H,22,23). The van der Waals surface area contributed by atoms with Gasteiger partial charge in [0.1, 0.15) is 0 Å². The number of fused-ring (bicyclic) bond motifs is 2. The van der Waals surface area contributed by atoms with E-state index in [0.29, 0.717) is 49.6 Å². The monoisotopic (exact) mass is 862 g/mol. The normalized spacial score (nSPS) is 11.5. The van der Waals surface area contributed by atoms with E-state index in [4.69, 9.17) is 57.9 Å². The third-order valence-electron chi connectivity index (χ3n) is 7.85. The number of amides is 2. The van der Waals surface area contributed by atoms with Gasteiger partial charge in [-0.05, 0) is 42.8 Å². The van der Waals surface area contributed by atoms with Gasteiger partial charge in [-0.1, -0.05) is 60.3 Å². The molecule has 6 rings (SSSR count). The van der Waals surface area contributed by atoms with E-state index in [9.17, 15) is 26.4 Å². The van der Waals surface area contributed by atoms with E-state index in [-0.39, 0.29) is 53.8 Å². The van der Waals surface area contributed by atoms with Crippen LogP contribution in [0.4, 0.5) is 22.7 Å². The number of sulfone groups is 2. The van der Waals surface area contributed by atoms with Crippen LogP contribution >= 0.6 is 46.4 Å². The van der Waals surface area contributed by atoms with Gasteiger partial charge in [0.05, 0.1) is 98.7 Å². The number of nitrogens with zero attached hydrogens (tertiary/aromatic N) is 4. The molecule has 4 heterocycles. The zero-order valence-electron chi connectivity index (χ0n) is 28.8. The van der Waals surface area contributed by atoms with Crippen LogP contribution in [0.1, 0.15) is 41.0 Å². The summed E-state index contributed by atoms with van der Waals surface area (Å²) in [4.78, 5) is 40.2. The first-order chi connectivity index (χ1) is 25.9. The molecule has 0 unspecified atom stereocenters. The maximum atomic E-state index is 12.5. The number of carbonyl (C=O) groups is 2. The van der Waals surface area contributed by atoms with Gasteiger partial charge in [-0.3, -0.25) is 29.5 Å². The SMILES string of the molecule is CCCS(=O)(=O)c1cc(Cl)c2ncc(C(N)=O)c(Nc3cncc(Cl)c3)c2c1.CCS(=O)(=O)c1cc(Cl)c2ncc(C(N)=O)c(Nc3cncc(Cl)c3)c2c1. The number of hydrogen-bond donors (Lipinski definition) is 4. The molecular formula is C35H30Cl4N8O6S2. The number of carbonyl (C=O) groups excluding carboxylic acids is 2. The molecule has 2 amide bonds. The summed E-state index contributed by atoms with van der Waals surface area (Å²) >= 11 is 24.5. The van der Waals surface area contributed by atoms with Crippen LogP contribution in [0.3, 0.4) is 0 Å². The lowest BCUT2D eigenvalue weighted by Gasteiger charge is -2.15. The van der Waals surface area contributed by atoms with Crippen LogP contribution in [0.2, 0.25) is 20.1 Å². The Hall–Kier alpha value is -4.84. The van der Waals surface area contributed by atoms with Crippen molar-refractivity contribution in [2.45, 2.75) is 30.1 Å². The number of nitrogens with one attached hydrogen (secondary N) is 2. The van der Waals surface area contributed by atoms with Crippen molar-refractivity contribution in [3.8, 4) is 0 Å². The molecule has 55 heavy (non-hydrogen) atoms. The Kier molecular flexibility index (Phi) is 12.7. The molecule has 286 valence electrons. The first-order valence-corrected chi connectivity index (χ1v) is 20.8. The van der Waals surface area contributed by atoms with Crippen molar-refractivity contribution in [2.75, 3.05) is 22.1 Å². The number of primary amides is 2. The number of hydrogen-bond acceptors (Lipinski definition) is 12. The Morgan fingerprint density at radius 3 is 1.40 bits per heavy atom. The highest BCUT2D eigenvalue weighted by Crippen LogP contribution is 2.37. The highest BCUT2D eigenvalue weighted by molar-refractivity contribution is 7.91. The van der Waals surface area contributed by atoms with Crippen molar-refractivity contribution in [1.82, 2.24) is 19.9 Å². The molecule has 0 bridgehead atoms. The summed E-state index contributed by atoms with van der Waals surface area (Å²) in [7, 11) is -7.07. The molecule has 14 nitrogen and oxygen atoms in total. The Balaban J connectivity index is 0.000000211. The summed E-state index contributed by atoms with van der Waals surface area (Å²) in [5, 5.41) is 7.79. The number of benzene rings is 2. The third-order valence-corrected chi connectivity index (χ3v) is 12.5. The molecule has 6 N–H and O–H groups in total. The molecule has 0 saturated heterocycles. The van der Waals surface area contributed by atoms with E-state index in [2.05, 4.69) is 30.6 Å². The second-order valence-corrected chi connectivity index (χ2v) is 17.8. The minimum atomic E-state index is -3.54. The van der Waals surface area contributed by atoms with Crippen molar-refractivity contribution in [3.63, 3.8) is 0 Å². The van der Waals surface area contributed by atoms with Gasteiger partial charge in [0.25, 0.3) is 11.8 Å². The van der Waals surface area contributed by atoms with Crippen molar-refractivity contribution in [2.24, 2.45) is 11.5 Å². The van der Waals surface area contributed by atoms with E-state index < -0.39 is 31.5 Å². The lowest BCUT2D eigenvalue weighted by Crippen LogP contribution is -2.14. The van der Waals surface area contributed by atoms with Crippen LogP contribution in [-0.4, -0.2) is 60.1 Å². The minimum absolute atomic E-state index is 0.0261. The minimum Gasteiger partial charge on any atom is -0.365 e. The van der Waals surface area contributed by atoms with Crippen LogP contribution in [0.15, 0.2) is 83.4 Å². The average molecular weight is 865 g/mol. The van der Waals surface area contributed by atoms with Gasteiger partial charge in [-0.25, -0.2) is 16.8 Å². The zero-order chi connectivity index (χ0) is 40.2. The smallest absolute Gasteiger partial charge is 0.252 e. The Morgan fingerprint density at radius 2 is 1.04 bits per heavy atom. The maximum absolute atomic E-state index is 12.5. The molecule has 0 aliphatic rings. The first-order valence-electron chi connectivity index (χ1n) is 16.0. The zero-order valence-corrected chi connectivity index (χ0v) is 33.4. The summed E-state index contributed by atoms with van der Waals surface area (Å²) in [5.41, 5.74) is 13.3. The maximum Gasteiger partial charge on any atom is 0.252 e. The van der Waals surface area contributed by atoms with Gasteiger partial charge < -0.3 is 22.1 Å². The Labute approximate surface area is 335 Å². The number of rotatable bonds is 11. The second kappa shape index (κ2) is 16.9. The summed E-state index contributed by atoms with van der Waals surface area (Å²) in [5.74, 6) is -1.59. The van der Waals surface area contributed by atoms with Crippen LogP contribution in [0.5, 0.6) is 0 Å². The number of anilines is 4. The molecule has 20 heteroatoms. The Morgan fingerprint density at radius 1 is 0.618 bits per heavy atom. The molecule has 0 saturated carbocycles. The first kappa shape index (κ1) is 41.3. The lowest BCUT2D eigenvalue weighted by molar-refractivity contribution is 0.0992. The largest absolute Gasteiger partial charge is 0.365 e. The van der Waals surface area contributed by atoms with Crippen LogP contribution in [0, 0.1) is 0 Å². The van der Waals surface area contributed by atoms with E-state index >= 15 is 0 Å².